The molecule has 2 aromatic rings. The highest BCUT2D eigenvalue weighted by atomic mass is 32.1. The summed E-state index contributed by atoms with van der Waals surface area (Å²) in [4.78, 5) is 7.75. The summed E-state index contributed by atoms with van der Waals surface area (Å²) < 4.78 is 38.1. The number of benzene rings is 1. The molecular formula is C11H7F3N2S. The fourth-order valence-corrected chi connectivity index (χ4v) is 1.53. The first-order chi connectivity index (χ1) is 7.98. The molecule has 0 aliphatic heterocycles. The number of hydrogen-bond donors (Lipinski definition) is 1. The predicted molar refractivity (Wildman–Crippen MR) is 59.7 cm³/mol. The molecule has 0 radical (unpaired) electrons. The topological polar surface area (TPSA) is 25.8 Å². The van der Waals surface area contributed by atoms with E-state index in [9.17, 15) is 13.2 Å². The van der Waals surface area contributed by atoms with Crippen molar-refractivity contribution in [3.8, 4) is 11.3 Å². The molecule has 0 atom stereocenters. The van der Waals surface area contributed by atoms with Crippen LogP contribution in [0.1, 0.15) is 5.69 Å². The van der Waals surface area contributed by atoms with Crippen molar-refractivity contribution in [3.05, 3.63) is 42.4 Å². The predicted octanol–water partition coefficient (Wildman–Crippen LogP) is 3.45. The number of rotatable bonds is 1. The first-order valence-corrected chi connectivity index (χ1v) is 5.11. The van der Waals surface area contributed by atoms with E-state index in [4.69, 9.17) is 0 Å². The van der Waals surface area contributed by atoms with Crippen LogP contribution < -0.4 is 0 Å². The summed E-state index contributed by atoms with van der Waals surface area (Å²) in [6.07, 6.45) is -2.25. The van der Waals surface area contributed by atoms with Crippen LogP contribution in [0.2, 0.25) is 0 Å². The molecule has 0 bridgehead atoms. The van der Waals surface area contributed by atoms with Crippen LogP contribution in [0.4, 0.5) is 13.2 Å². The van der Waals surface area contributed by atoms with E-state index in [2.05, 4.69) is 22.6 Å². The SMILES string of the molecule is FC(F)(F)c1nccnc1-c1ccc(S)cc1. The number of hydrogen-bond acceptors (Lipinski definition) is 3. The summed E-state index contributed by atoms with van der Waals surface area (Å²) in [6, 6.07) is 6.27. The van der Waals surface area contributed by atoms with E-state index in [1.165, 1.54) is 18.3 Å². The van der Waals surface area contributed by atoms with E-state index in [1.54, 1.807) is 12.1 Å². The second-order valence-corrected chi connectivity index (χ2v) is 3.81. The molecule has 0 N–H and O–H groups in total. The Morgan fingerprint density at radius 3 is 2.12 bits per heavy atom. The van der Waals surface area contributed by atoms with Gasteiger partial charge in [0.1, 0.15) is 5.69 Å². The largest absolute Gasteiger partial charge is 0.435 e. The highest BCUT2D eigenvalue weighted by Gasteiger charge is 2.36. The molecule has 0 saturated heterocycles. The minimum Gasteiger partial charge on any atom is -0.252 e. The minimum atomic E-state index is -4.51. The second kappa shape index (κ2) is 4.37. The van der Waals surface area contributed by atoms with E-state index in [0.29, 0.717) is 10.5 Å². The molecule has 0 saturated carbocycles. The molecule has 1 aromatic carbocycles. The Labute approximate surface area is 101 Å². The van der Waals surface area contributed by atoms with Crippen LogP contribution in [-0.4, -0.2) is 9.97 Å². The summed E-state index contributed by atoms with van der Waals surface area (Å²) >= 11 is 4.07. The summed E-state index contributed by atoms with van der Waals surface area (Å²) in [5, 5.41) is 0. The molecule has 0 unspecified atom stereocenters. The lowest BCUT2D eigenvalue weighted by Crippen LogP contribution is -2.10. The van der Waals surface area contributed by atoms with Crippen molar-refractivity contribution < 1.29 is 13.2 Å². The first kappa shape index (κ1) is 11.9. The number of aromatic nitrogens is 2. The van der Waals surface area contributed by atoms with Gasteiger partial charge in [-0.2, -0.15) is 13.2 Å². The van der Waals surface area contributed by atoms with Gasteiger partial charge in [-0.25, -0.2) is 4.98 Å². The molecular weight excluding hydrogens is 249 g/mol. The molecule has 1 heterocycles. The summed E-state index contributed by atoms with van der Waals surface area (Å²) in [6.45, 7) is 0. The minimum absolute atomic E-state index is 0.173. The highest BCUT2D eigenvalue weighted by Crippen LogP contribution is 2.34. The summed E-state index contributed by atoms with van der Waals surface area (Å²) in [7, 11) is 0. The van der Waals surface area contributed by atoms with Crippen molar-refractivity contribution in [3.63, 3.8) is 0 Å². The van der Waals surface area contributed by atoms with Crippen molar-refractivity contribution >= 4 is 12.6 Å². The maximum atomic E-state index is 12.7. The Morgan fingerprint density at radius 1 is 0.941 bits per heavy atom. The standard InChI is InChI=1S/C11H7F3N2S/c12-11(13,14)10-9(15-5-6-16-10)7-1-3-8(17)4-2-7/h1-6,17H. The van der Waals surface area contributed by atoms with E-state index >= 15 is 0 Å². The van der Waals surface area contributed by atoms with Crippen molar-refractivity contribution in [2.45, 2.75) is 11.1 Å². The van der Waals surface area contributed by atoms with E-state index in [0.717, 1.165) is 6.20 Å². The van der Waals surface area contributed by atoms with Crippen LogP contribution in [0.3, 0.4) is 0 Å². The zero-order valence-electron chi connectivity index (χ0n) is 8.44. The van der Waals surface area contributed by atoms with Gasteiger partial charge in [0.05, 0.1) is 0 Å². The maximum absolute atomic E-state index is 12.7. The Balaban J connectivity index is 2.56. The normalized spacial score (nSPS) is 11.5. The molecule has 0 aliphatic rings. The molecule has 0 amide bonds. The number of nitrogens with zero attached hydrogens (tertiary/aromatic N) is 2. The first-order valence-electron chi connectivity index (χ1n) is 4.66. The monoisotopic (exact) mass is 256 g/mol. The van der Waals surface area contributed by atoms with Crippen LogP contribution in [0, 0.1) is 0 Å². The molecule has 88 valence electrons. The molecule has 0 fully saturated rings. The molecule has 6 heteroatoms. The van der Waals surface area contributed by atoms with E-state index in [1.807, 2.05) is 0 Å². The lowest BCUT2D eigenvalue weighted by molar-refractivity contribution is -0.140. The molecule has 2 nitrogen and oxygen atoms in total. The zero-order chi connectivity index (χ0) is 12.5. The molecule has 17 heavy (non-hydrogen) atoms. The lowest BCUT2D eigenvalue weighted by atomic mass is 10.1. The van der Waals surface area contributed by atoms with Gasteiger partial charge < -0.3 is 0 Å². The molecule has 1 aromatic heterocycles. The van der Waals surface area contributed by atoms with Crippen LogP contribution in [0.25, 0.3) is 11.3 Å². The Bertz CT molecular complexity index is 523. The fourth-order valence-electron chi connectivity index (χ4n) is 1.38. The second-order valence-electron chi connectivity index (χ2n) is 3.30. The average molecular weight is 256 g/mol. The third-order valence-corrected chi connectivity index (χ3v) is 2.41. The molecule has 0 aliphatic carbocycles. The maximum Gasteiger partial charge on any atom is 0.435 e. The average Bonchev–Trinajstić information content (AvgIpc) is 2.29. The third-order valence-electron chi connectivity index (χ3n) is 2.11. The smallest absolute Gasteiger partial charge is 0.252 e. The van der Waals surface area contributed by atoms with Crippen LogP contribution in [-0.2, 0) is 6.18 Å². The van der Waals surface area contributed by atoms with E-state index < -0.39 is 11.9 Å². The van der Waals surface area contributed by atoms with Gasteiger partial charge in [0.15, 0.2) is 5.69 Å². The van der Waals surface area contributed by atoms with Gasteiger partial charge in [-0.15, -0.1) is 12.6 Å². The third kappa shape index (κ3) is 2.58. The lowest BCUT2D eigenvalue weighted by Gasteiger charge is -2.10. The summed E-state index contributed by atoms with van der Waals surface area (Å²) in [5.74, 6) is 0. The van der Waals surface area contributed by atoms with Crippen molar-refractivity contribution in [2.24, 2.45) is 0 Å². The van der Waals surface area contributed by atoms with Crippen molar-refractivity contribution in [1.82, 2.24) is 9.97 Å². The molecule has 0 spiro atoms. The van der Waals surface area contributed by atoms with Crippen LogP contribution >= 0.6 is 12.6 Å². The highest BCUT2D eigenvalue weighted by molar-refractivity contribution is 7.80. The van der Waals surface area contributed by atoms with Gasteiger partial charge in [0, 0.05) is 22.9 Å². The van der Waals surface area contributed by atoms with Gasteiger partial charge >= 0.3 is 6.18 Å². The van der Waals surface area contributed by atoms with Gasteiger partial charge in [-0.1, -0.05) is 12.1 Å². The van der Waals surface area contributed by atoms with Gasteiger partial charge in [0.25, 0.3) is 0 Å². The zero-order valence-corrected chi connectivity index (χ0v) is 9.33. The Morgan fingerprint density at radius 2 is 1.53 bits per heavy atom. The van der Waals surface area contributed by atoms with Crippen LogP contribution in [0.5, 0.6) is 0 Å². The van der Waals surface area contributed by atoms with Gasteiger partial charge in [-0.05, 0) is 12.1 Å². The van der Waals surface area contributed by atoms with E-state index in [-0.39, 0.29) is 5.69 Å². The van der Waals surface area contributed by atoms with Gasteiger partial charge in [0.2, 0.25) is 0 Å². The quantitative estimate of drug-likeness (QED) is 0.791. The van der Waals surface area contributed by atoms with Crippen molar-refractivity contribution in [1.29, 1.82) is 0 Å². The number of thiol groups is 1. The van der Waals surface area contributed by atoms with Crippen molar-refractivity contribution in [2.75, 3.05) is 0 Å². The number of alkyl halides is 3. The number of halogens is 3. The summed E-state index contributed by atoms with van der Waals surface area (Å²) in [5.41, 5.74) is -0.788. The Hall–Kier alpha value is -1.56. The van der Waals surface area contributed by atoms with Gasteiger partial charge in [-0.3, -0.25) is 4.98 Å². The van der Waals surface area contributed by atoms with Crippen LogP contribution in [0.15, 0.2) is 41.6 Å². The molecule has 2 rings (SSSR count). The fraction of sp³-hybridized carbons (Fsp3) is 0.0909. The Kier molecular flexibility index (Phi) is 3.06.